The zero-order chi connectivity index (χ0) is 28.3. The average Bonchev–Trinajstić information content (AvgIpc) is 3.64. The SMILES string of the molecule is c1ccc(-c2ccc3cc(N(c4ccc5sc6ccccc6c5c4)c4cccc5c4oc4ccccc45)ccc3c2)cc1. The smallest absolute Gasteiger partial charge is 0.159 e. The Morgan fingerprint density at radius 1 is 0.442 bits per heavy atom. The van der Waals surface area contributed by atoms with E-state index in [-0.39, 0.29) is 0 Å². The lowest BCUT2D eigenvalue weighted by molar-refractivity contribution is 0.669. The van der Waals surface area contributed by atoms with Gasteiger partial charge in [-0.1, -0.05) is 97.1 Å². The van der Waals surface area contributed by atoms with Crippen molar-refractivity contribution in [3.8, 4) is 11.1 Å². The highest BCUT2D eigenvalue weighted by Crippen LogP contribution is 2.45. The molecule has 3 heteroatoms. The van der Waals surface area contributed by atoms with Crippen LogP contribution in [-0.2, 0) is 0 Å². The maximum Gasteiger partial charge on any atom is 0.159 e. The molecule has 9 aromatic rings. The molecule has 0 fully saturated rings. The highest BCUT2D eigenvalue weighted by atomic mass is 32.1. The van der Waals surface area contributed by atoms with Crippen LogP contribution < -0.4 is 4.90 Å². The molecule has 0 aliphatic heterocycles. The number of benzene rings is 7. The first kappa shape index (κ1) is 24.2. The van der Waals surface area contributed by atoms with Gasteiger partial charge in [-0.3, -0.25) is 0 Å². The number of hydrogen-bond donors (Lipinski definition) is 0. The lowest BCUT2D eigenvalue weighted by atomic mass is 10.0. The standard InChI is InChI=1S/C40H25NOS/c1-2-9-26(10-3-1)27-17-18-29-24-30(20-19-28(29)23-27)41(31-21-22-39-35(25-31)33-12-5-7-16-38(33)43-39)36-14-8-13-34-32-11-4-6-15-37(32)42-40(34)36/h1-25H. The van der Waals surface area contributed by atoms with Gasteiger partial charge in [0.25, 0.3) is 0 Å². The van der Waals surface area contributed by atoms with Crippen molar-refractivity contribution in [1.29, 1.82) is 0 Å². The second kappa shape index (κ2) is 9.59. The summed E-state index contributed by atoms with van der Waals surface area (Å²) < 4.78 is 9.16. The van der Waals surface area contributed by atoms with Crippen molar-refractivity contribution >= 4 is 81.3 Å². The number of furan rings is 1. The molecule has 2 heterocycles. The number of nitrogens with zero attached hydrogens (tertiary/aromatic N) is 1. The number of hydrogen-bond acceptors (Lipinski definition) is 3. The van der Waals surface area contributed by atoms with E-state index < -0.39 is 0 Å². The highest BCUT2D eigenvalue weighted by Gasteiger charge is 2.20. The Bertz CT molecular complexity index is 2470. The van der Waals surface area contributed by atoms with Crippen molar-refractivity contribution in [3.05, 3.63) is 152 Å². The summed E-state index contributed by atoms with van der Waals surface area (Å²) in [7, 11) is 0. The van der Waals surface area contributed by atoms with Gasteiger partial charge in [0.2, 0.25) is 0 Å². The molecule has 0 aliphatic carbocycles. The molecule has 0 spiro atoms. The lowest BCUT2D eigenvalue weighted by Crippen LogP contribution is -2.10. The minimum absolute atomic E-state index is 0.887. The summed E-state index contributed by atoms with van der Waals surface area (Å²) in [6.07, 6.45) is 0. The van der Waals surface area contributed by atoms with Gasteiger partial charge in [0, 0.05) is 42.3 Å². The summed E-state index contributed by atoms with van der Waals surface area (Å²) >= 11 is 1.84. The average molecular weight is 568 g/mol. The van der Waals surface area contributed by atoms with Crippen LogP contribution in [-0.4, -0.2) is 0 Å². The first-order valence-electron chi connectivity index (χ1n) is 14.5. The van der Waals surface area contributed by atoms with E-state index >= 15 is 0 Å². The van der Waals surface area contributed by atoms with Crippen molar-refractivity contribution in [1.82, 2.24) is 0 Å². The summed E-state index contributed by atoms with van der Waals surface area (Å²) in [5.74, 6) is 0. The molecule has 0 atom stereocenters. The molecule has 43 heavy (non-hydrogen) atoms. The normalized spacial score (nSPS) is 11.7. The van der Waals surface area contributed by atoms with Crippen molar-refractivity contribution in [2.24, 2.45) is 0 Å². The highest BCUT2D eigenvalue weighted by molar-refractivity contribution is 7.25. The molecule has 0 saturated carbocycles. The Labute approximate surface area is 252 Å². The van der Waals surface area contributed by atoms with Crippen molar-refractivity contribution in [2.45, 2.75) is 0 Å². The van der Waals surface area contributed by atoms with E-state index in [1.165, 1.54) is 42.1 Å². The minimum atomic E-state index is 0.887. The van der Waals surface area contributed by atoms with Gasteiger partial charge in [-0.2, -0.15) is 0 Å². The van der Waals surface area contributed by atoms with Crippen LogP contribution >= 0.6 is 11.3 Å². The predicted molar refractivity (Wildman–Crippen MR) is 184 cm³/mol. The Morgan fingerprint density at radius 2 is 1.14 bits per heavy atom. The summed E-state index contributed by atoms with van der Waals surface area (Å²) in [6, 6.07) is 54.3. The van der Waals surface area contributed by atoms with E-state index in [1.807, 2.05) is 23.5 Å². The fraction of sp³-hybridized carbons (Fsp3) is 0. The van der Waals surface area contributed by atoms with Crippen LogP contribution in [0.5, 0.6) is 0 Å². The van der Waals surface area contributed by atoms with Crippen molar-refractivity contribution in [3.63, 3.8) is 0 Å². The summed E-state index contributed by atoms with van der Waals surface area (Å²) in [5, 5.41) is 7.22. The molecule has 0 N–H and O–H groups in total. The third-order valence-electron chi connectivity index (χ3n) is 8.43. The van der Waals surface area contributed by atoms with Gasteiger partial charge in [-0.25, -0.2) is 0 Å². The minimum Gasteiger partial charge on any atom is -0.454 e. The molecule has 0 saturated heterocycles. The van der Waals surface area contributed by atoms with Crippen LogP contribution in [0.25, 0.3) is 64.0 Å². The van der Waals surface area contributed by atoms with Crippen LogP contribution in [0.4, 0.5) is 17.1 Å². The quantitative estimate of drug-likeness (QED) is 0.210. The van der Waals surface area contributed by atoms with Gasteiger partial charge in [-0.05, 0) is 76.5 Å². The van der Waals surface area contributed by atoms with Crippen LogP contribution in [0, 0.1) is 0 Å². The summed E-state index contributed by atoms with van der Waals surface area (Å²) in [6.45, 7) is 0. The second-order valence-corrected chi connectivity index (χ2v) is 12.1. The lowest BCUT2D eigenvalue weighted by Gasteiger charge is -2.26. The second-order valence-electron chi connectivity index (χ2n) is 11.0. The zero-order valence-electron chi connectivity index (χ0n) is 23.2. The Kier molecular flexibility index (Phi) is 5.40. The van der Waals surface area contributed by atoms with E-state index in [9.17, 15) is 0 Å². The van der Waals surface area contributed by atoms with Crippen LogP contribution in [0.2, 0.25) is 0 Å². The van der Waals surface area contributed by atoms with Gasteiger partial charge in [-0.15, -0.1) is 11.3 Å². The largest absolute Gasteiger partial charge is 0.454 e. The third-order valence-corrected chi connectivity index (χ3v) is 9.58. The first-order valence-corrected chi connectivity index (χ1v) is 15.3. The maximum atomic E-state index is 6.56. The molecule has 202 valence electrons. The number of fused-ring (bicyclic) bond motifs is 7. The predicted octanol–water partition coefficient (Wildman–Crippen LogP) is 12.2. The van der Waals surface area contributed by atoms with E-state index in [0.29, 0.717) is 0 Å². The van der Waals surface area contributed by atoms with Crippen LogP contribution in [0.1, 0.15) is 0 Å². The van der Waals surface area contributed by atoms with Gasteiger partial charge in [0.1, 0.15) is 5.58 Å². The molecule has 9 rings (SSSR count). The zero-order valence-corrected chi connectivity index (χ0v) is 24.0. The molecule has 0 bridgehead atoms. The number of rotatable bonds is 4. The maximum absolute atomic E-state index is 6.56. The number of thiophene rings is 1. The molecule has 7 aromatic carbocycles. The van der Waals surface area contributed by atoms with E-state index in [4.69, 9.17) is 4.42 Å². The van der Waals surface area contributed by atoms with Gasteiger partial charge in [0.05, 0.1) is 5.69 Å². The van der Waals surface area contributed by atoms with Gasteiger partial charge < -0.3 is 9.32 Å². The fourth-order valence-electron chi connectivity index (χ4n) is 6.37. The van der Waals surface area contributed by atoms with E-state index in [0.717, 1.165) is 39.0 Å². The molecule has 2 nitrogen and oxygen atoms in total. The van der Waals surface area contributed by atoms with E-state index in [1.54, 1.807) is 0 Å². The van der Waals surface area contributed by atoms with Crippen molar-refractivity contribution in [2.75, 3.05) is 4.90 Å². The molecule has 0 unspecified atom stereocenters. The first-order chi connectivity index (χ1) is 21.3. The van der Waals surface area contributed by atoms with Gasteiger partial charge in [0.15, 0.2) is 5.58 Å². The Balaban J connectivity index is 1.28. The molecular weight excluding hydrogens is 543 g/mol. The molecule has 0 amide bonds. The summed E-state index contributed by atoms with van der Waals surface area (Å²) in [4.78, 5) is 2.35. The van der Waals surface area contributed by atoms with Crippen LogP contribution in [0.15, 0.2) is 156 Å². The summed E-state index contributed by atoms with van der Waals surface area (Å²) in [5.41, 5.74) is 7.45. The van der Waals surface area contributed by atoms with Crippen LogP contribution in [0.3, 0.4) is 0 Å². The van der Waals surface area contributed by atoms with Crippen molar-refractivity contribution < 1.29 is 4.42 Å². The fourth-order valence-corrected chi connectivity index (χ4v) is 7.46. The topological polar surface area (TPSA) is 16.4 Å². The Morgan fingerprint density at radius 3 is 2.07 bits per heavy atom. The number of anilines is 3. The molecule has 0 radical (unpaired) electrons. The third kappa shape index (κ3) is 3.93. The Hall–Kier alpha value is -5.38. The van der Waals surface area contributed by atoms with Gasteiger partial charge >= 0.3 is 0 Å². The molecular formula is C40H25NOS. The monoisotopic (exact) mass is 567 g/mol. The molecule has 0 aliphatic rings. The molecule has 2 aromatic heterocycles. The number of para-hydroxylation sites is 2. The van der Waals surface area contributed by atoms with E-state index in [2.05, 4.69) is 144 Å².